The van der Waals surface area contributed by atoms with E-state index in [1.165, 1.54) is 17.3 Å². The van der Waals surface area contributed by atoms with Gasteiger partial charge in [0.15, 0.2) is 11.6 Å². The number of para-hydroxylation sites is 1. The second-order valence-electron chi connectivity index (χ2n) is 7.06. The summed E-state index contributed by atoms with van der Waals surface area (Å²) < 4.78 is 26.1. The topological polar surface area (TPSA) is 73.5 Å². The number of fused-ring (bicyclic) bond motifs is 1. The number of anilines is 4. The summed E-state index contributed by atoms with van der Waals surface area (Å²) in [7, 11) is 0. The Morgan fingerprint density at radius 2 is 1.61 bits per heavy atom. The zero-order valence-electron chi connectivity index (χ0n) is 16.5. The molecule has 158 valence electrons. The molecular weight excluding hydrogens is 402 g/mol. The largest absolute Gasteiger partial charge is 0.341 e. The third kappa shape index (κ3) is 4.80. The molecule has 0 atom stereocenters. The van der Waals surface area contributed by atoms with Gasteiger partial charge in [-0.1, -0.05) is 18.2 Å². The van der Waals surface area contributed by atoms with Crippen LogP contribution in [0.2, 0.25) is 0 Å². The van der Waals surface area contributed by atoms with E-state index >= 15 is 0 Å². The summed E-state index contributed by atoms with van der Waals surface area (Å²) in [5.74, 6) is -2.64. The summed E-state index contributed by atoms with van der Waals surface area (Å²) in [6.07, 6.45) is 0.991. The lowest BCUT2D eigenvalue weighted by molar-refractivity contribution is -0.115. The van der Waals surface area contributed by atoms with Gasteiger partial charge in [-0.3, -0.25) is 4.79 Å². The van der Waals surface area contributed by atoms with Crippen LogP contribution in [0.15, 0.2) is 66.7 Å². The van der Waals surface area contributed by atoms with Crippen LogP contribution >= 0.6 is 0 Å². The summed E-state index contributed by atoms with van der Waals surface area (Å²) in [6.45, 7) is 0.577. The van der Waals surface area contributed by atoms with Gasteiger partial charge in [0, 0.05) is 35.4 Å². The number of urea groups is 1. The molecule has 0 fully saturated rings. The van der Waals surface area contributed by atoms with Gasteiger partial charge >= 0.3 is 6.03 Å². The highest BCUT2D eigenvalue weighted by atomic mass is 19.2. The first kappa shape index (κ1) is 20.3. The van der Waals surface area contributed by atoms with Crippen LogP contribution in [0.4, 0.5) is 36.3 Å². The van der Waals surface area contributed by atoms with Gasteiger partial charge in [0.05, 0.1) is 6.54 Å². The van der Waals surface area contributed by atoms with Crippen LogP contribution in [0, 0.1) is 11.6 Å². The van der Waals surface area contributed by atoms with Crippen LogP contribution in [0.5, 0.6) is 0 Å². The van der Waals surface area contributed by atoms with Crippen LogP contribution in [-0.2, 0) is 11.2 Å². The Morgan fingerprint density at radius 3 is 2.39 bits per heavy atom. The highest BCUT2D eigenvalue weighted by molar-refractivity contribution is 5.97. The van der Waals surface area contributed by atoms with Crippen molar-refractivity contribution in [2.75, 3.05) is 28.6 Å². The predicted molar refractivity (Wildman–Crippen MR) is 116 cm³/mol. The lowest BCUT2D eigenvalue weighted by atomic mass is 10.2. The molecule has 0 aliphatic carbocycles. The number of hydrogen-bond donors (Lipinski definition) is 3. The van der Waals surface area contributed by atoms with Crippen LogP contribution in [-0.4, -0.2) is 25.0 Å². The number of nitrogens with one attached hydrogen (secondary N) is 3. The number of carbonyl (C=O) groups is 2. The Kier molecular flexibility index (Phi) is 5.79. The molecule has 0 aromatic heterocycles. The second kappa shape index (κ2) is 8.83. The first-order valence-corrected chi connectivity index (χ1v) is 9.75. The van der Waals surface area contributed by atoms with Gasteiger partial charge < -0.3 is 20.9 Å². The Balaban J connectivity index is 1.28. The normalized spacial score (nSPS) is 12.3. The van der Waals surface area contributed by atoms with Gasteiger partial charge in [0.2, 0.25) is 5.91 Å². The Labute approximate surface area is 177 Å². The van der Waals surface area contributed by atoms with Crippen LogP contribution in [0.25, 0.3) is 0 Å². The number of amides is 3. The second-order valence-corrected chi connectivity index (χ2v) is 7.06. The average Bonchev–Trinajstić information content (AvgIpc) is 3.20. The quantitative estimate of drug-likeness (QED) is 0.570. The van der Waals surface area contributed by atoms with E-state index in [9.17, 15) is 18.4 Å². The molecule has 1 heterocycles. The molecule has 0 unspecified atom stereocenters. The van der Waals surface area contributed by atoms with E-state index in [4.69, 9.17) is 0 Å². The van der Waals surface area contributed by atoms with Gasteiger partial charge in [-0.05, 0) is 54.4 Å². The lowest BCUT2D eigenvalue weighted by Crippen LogP contribution is -2.35. The summed E-state index contributed by atoms with van der Waals surface area (Å²) in [5, 5.41) is 7.46. The molecule has 3 N–H and O–H groups in total. The first-order chi connectivity index (χ1) is 15.0. The molecule has 3 aromatic carbocycles. The maximum absolute atomic E-state index is 13.2. The van der Waals surface area contributed by atoms with E-state index in [1.807, 2.05) is 24.3 Å². The monoisotopic (exact) mass is 422 g/mol. The fraction of sp³-hybridized carbons (Fsp3) is 0.130. The van der Waals surface area contributed by atoms with Crippen molar-refractivity contribution in [3.05, 3.63) is 83.9 Å². The lowest BCUT2D eigenvalue weighted by Gasteiger charge is -2.20. The fourth-order valence-electron chi connectivity index (χ4n) is 3.45. The van der Waals surface area contributed by atoms with E-state index in [0.717, 1.165) is 30.8 Å². The maximum atomic E-state index is 13.2. The number of carbonyl (C=O) groups excluding carboxylic acids is 2. The Bertz CT molecular complexity index is 1120. The molecule has 1 aliphatic heterocycles. The maximum Gasteiger partial charge on any atom is 0.319 e. The summed E-state index contributed by atoms with van der Waals surface area (Å²) in [4.78, 5) is 26.2. The van der Waals surface area contributed by atoms with E-state index in [-0.39, 0.29) is 12.2 Å². The van der Waals surface area contributed by atoms with Gasteiger partial charge in [0.25, 0.3) is 0 Å². The minimum atomic E-state index is -1.07. The molecule has 8 heteroatoms. The third-order valence-corrected chi connectivity index (χ3v) is 4.94. The van der Waals surface area contributed by atoms with Crippen molar-refractivity contribution in [3.8, 4) is 0 Å². The smallest absolute Gasteiger partial charge is 0.319 e. The molecule has 0 saturated carbocycles. The third-order valence-electron chi connectivity index (χ3n) is 4.94. The first-order valence-electron chi connectivity index (χ1n) is 9.75. The van der Waals surface area contributed by atoms with Crippen LogP contribution in [0.3, 0.4) is 0 Å². The van der Waals surface area contributed by atoms with Crippen LogP contribution < -0.4 is 20.9 Å². The van der Waals surface area contributed by atoms with Crippen molar-refractivity contribution in [2.24, 2.45) is 0 Å². The minimum absolute atomic E-state index is 0.102. The van der Waals surface area contributed by atoms with Crippen molar-refractivity contribution in [1.29, 1.82) is 0 Å². The van der Waals surface area contributed by atoms with E-state index in [0.29, 0.717) is 5.69 Å². The molecule has 3 aromatic rings. The Morgan fingerprint density at radius 1 is 0.871 bits per heavy atom. The highest BCUT2D eigenvalue weighted by Crippen LogP contribution is 2.34. The zero-order chi connectivity index (χ0) is 21.8. The summed E-state index contributed by atoms with van der Waals surface area (Å²) in [5.41, 5.74) is 4.21. The van der Waals surface area contributed by atoms with Gasteiger partial charge in [-0.25, -0.2) is 13.6 Å². The Hall–Kier alpha value is -3.94. The number of halogens is 2. The number of benzene rings is 3. The van der Waals surface area contributed by atoms with Crippen molar-refractivity contribution >= 4 is 34.7 Å². The minimum Gasteiger partial charge on any atom is -0.341 e. The van der Waals surface area contributed by atoms with Crippen molar-refractivity contribution < 1.29 is 18.4 Å². The molecule has 0 radical (unpaired) electrons. The molecule has 0 bridgehead atoms. The van der Waals surface area contributed by atoms with Crippen molar-refractivity contribution in [2.45, 2.75) is 6.42 Å². The summed E-state index contributed by atoms with van der Waals surface area (Å²) >= 11 is 0. The predicted octanol–water partition coefficient (Wildman–Crippen LogP) is 4.42. The van der Waals surface area contributed by atoms with Gasteiger partial charge in [0.1, 0.15) is 0 Å². The van der Waals surface area contributed by atoms with E-state index in [1.54, 1.807) is 12.1 Å². The zero-order valence-corrected chi connectivity index (χ0v) is 16.5. The standard InChI is InChI=1S/C23H20F2N4O2/c24-19-10-7-17(13-20(19)25)27-22(30)14-26-23(31)28-16-5-8-18(9-6-16)29-12-11-15-3-1-2-4-21(15)29/h1-10,13H,11-12,14H2,(H,27,30)(H2,26,28,31). The molecule has 0 spiro atoms. The molecule has 31 heavy (non-hydrogen) atoms. The molecule has 1 aliphatic rings. The highest BCUT2D eigenvalue weighted by Gasteiger charge is 2.19. The molecular formula is C23H20F2N4O2. The van der Waals surface area contributed by atoms with E-state index in [2.05, 4.69) is 33.0 Å². The van der Waals surface area contributed by atoms with Crippen molar-refractivity contribution in [1.82, 2.24) is 5.32 Å². The average molecular weight is 422 g/mol. The van der Waals surface area contributed by atoms with Gasteiger partial charge in [-0.15, -0.1) is 0 Å². The molecule has 0 saturated heterocycles. The van der Waals surface area contributed by atoms with E-state index < -0.39 is 23.6 Å². The SMILES string of the molecule is O=C(CNC(=O)Nc1ccc(N2CCc3ccccc32)cc1)Nc1ccc(F)c(F)c1. The number of hydrogen-bond acceptors (Lipinski definition) is 3. The molecule has 4 rings (SSSR count). The fourth-order valence-corrected chi connectivity index (χ4v) is 3.45. The molecule has 3 amide bonds. The summed E-state index contributed by atoms with van der Waals surface area (Å²) in [6, 6.07) is 18.1. The van der Waals surface area contributed by atoms with Crippen molar-refractivity contribution in [3.63, 3.8) is 0 Å². The molecule has 6 nitrogen and oxygen atoms in total. The number of rotatable bonds is 5. The van der Waals surface area contributed by atoms with Gasteiger partial charge in [-0.2, -0.15) is 0 Å². The number of nitrogens with zero attached hydrogens (tertiary/aromatic N) is 1. The van der Waals surface area contributed by atoms with Crippen LogP contribution in [0.1, 0.15) is 5.56 Å².